The number of aryl methyl sites for hydroxylation is 1. The molecule has 1 heterocycles. The molecule has 0 amide bonds. The summed E-state index contributed by atoms with van der Waals surface area (Å²) in [4.78, 5) is 4.36. The van der Waals surface area contributed by atoms with E-state index in [0.29, 0.717) is 12.1 Å². The van der Waals surface area contributed by atoms with Gasteiger partial charge >= 0.3 is 0 Å². The predicted octanol–water partition coefficient (Wildman–Crippen LogP) is 3.70. The smallest absolute Gasteiger partial charge is 0.191 e. The molecule has 0 aromatic heterocycles. The molecule has 2 aromatic rings. The molecular weight excluding hydrogens is 379 g/mol. The maximum Gasteiger partial charge on any atom is 0.191 e. The SMILES string of the molecule is CN=C(NCc1ccc(F)c(C)c1)NCC1(NC(C)c2ccccc2)CCOCC1. The van der Waals surface area contributed by atoms with Gasteiger partial charge in [-0.2, -0.15) is 0 Å². The molecule has 1 aliphatic heterocycles. The minimum atomic E-state index is -0.179. The van der Waals surface area contributed by atoms with Crippen LogP contribution < -0.4 is 16.0 Å². The van der Waals surface area contributed by atoms with Crippen molar-refractivity contribution in [1.82, 2.24) is 16.0 Å². The summed E-state index contributed by atoms with van der Waals surface area (Å²) in [5.74, 6) is 0.554. The van der Waals surface area contributed by atoms with E-state index in [1.165, 1.54) is 11.6 Å². The van der Waals surface area contributed by atoms with Gasteiger partial charge in [-0.15, -0.1) is 0 Å². The Labute approximate surface area is 179 Å². The molecule has 0 spiro atoms. The summed E-state index contributed by atoms with van der Waals surface area (Å²) < 4.78 is 19.1. The lowest BCUT2D eigenvalue weighted by molar-refractivity contribution is 0.0355. The summed E-state index contributed by atoms with van der Waals surface area (Å²) in [6.45, 7) is 6.81. The van der Waals surface area contributed by atoms with Crippen molar-refractivity contribution in [2.75, 3.05) is 26.8 Å². The summed E-state index contributed by atoms with van der Waals surface area (Å²) >= 11 is 0. The van der Waals surface area contributed by atoms with Crippen LogP contribution >= 0.6 is 0 Å². The number of guanidine groups is 1. The van der Waals surface area contributed by atoms with Crippen LogP contribution in [0.4, 0.5) is 4.39 Å². The number of benzene rings is 2. The van der Waals surface area contributed by atoms with E-state index in [4.69, 9.17) is 4.74 Å². The Morgan fingerprint density at radius 3 is 2.53 bits per heavy atom. The van der Waals surface area contributed by atoms with E-state index in [2.05, 4.69) is 52.1 Å². The van der Waals surface area contributed by atoms with Crippen molar-refractivity contribution < 1.29 is 9.13 Å². The van der Waals surface area contributed by atoms with E-state index in [1.54, 1.807) is 20.0 Å². The van der Waals surface area contributed by atoms with E-state index in [9.17, 15) is 4.39 Å². The predicted molar refractivity (Wildman–Crippen MR) is 120 cm³/mol. The van der Waals surface area contributed by atoms with Gasteiger partial charge in [-0.3, -0.25) is 4.99 Å². The van der Waals surface area contributed by atoms with Crippen molar-refractivity contribution in [2.45, 2.75) is 44.8 Å². The van der Waals surface area contributed by atoms with Crippen LogP contribution in [-0.4, -0.2) is 38.3 Å². The molecule has 6 heteroatoms. The number of nitrogens with one attached hydrogen (secondary N) is 3. The van der Waals surface area contributed by atoms with Gasteiger partial charge in [-0.1, -0.05) is 42.5 Å². The lowest BCUT2D eigenvalue weighted by Crippen LogP contribution is -2.58. The number of nitrogens with zero attached hydrogens (tertiary/aromatic N) is 1. The normalized spacial score (nSPS) is 17.4. The van der Waals surface area contributed by atoms with Crippen molar-refractivity contribution in [3.05, 3.63) is 71.0 Å². The van der Waals surface area contributed by atoms with Crippen molar-refractivity contribution in [3.8, 4) is 0 Å². The van der Waals surface area contributed by atoms with E-state index < -0.39 is 0 Å². The van der Waals surface area contributed by atoms with Crippen molar-refractivity contribution in [1.29, 1.82) is 0 Å². The Morgan fingerprint density at radius 2 is 1.87 bits per heavy atom. The van der Waals surface area contributed by atoms with Gasteiger partial charge in [0.25, 0.3) is 0 Å². The van der Waals surface area contributed by atoms with Gasteiger partial charge < -0.3 is 20.7 Å². The Bertz CT molecular complexity index is 834. The molecule has 1 unspecified atom stereocenters. The van der Waals surface area contributed by atoms with Crippen LogP contribution in [0.3, 0.4) is 0 Å². The maximum absolute atomic E-state index is 13.5. The van der Waals surface area contributed by atoms with E-state index in [-0.39, 0.29) is 17.4 Å². The Morgan fingerprint density at radius 1 is 1.13 bits per heavy atom. The summed E-state index contributed by atoms with van der Waals surface area (Å²) in [5.41, 5.74) is 2.88. The first kappa shape index (κ1) is 22.2. The lowest BCUT2D eigenvalue weighted by Gasteiger charge is -2.41. The molecule has 0 aliphatic carbocycles. The van der Waals surface area contributed by atoms with Crippen molar-refractivity contribution in [3.63, 3.8) is 0 Å². The minimum Gasteiger partial charge on any atom is -0.381 e. The highest BCUT2D eigenvalue weighted by molar-refractivity contribution is 5.79. The second kappa shape index (κ2) is 10.5. The number of aliphatic imine (C=N–C) groups is 1. The van der Waals surface area contributed by atoms with Gasteiger partial charge in [0.05, 0.1) is 0 Å². The number of rotatable bonds is 7. The van der Waals surface area contributed by atoms with E-state index in [1.807, 2.05) is 12.1 Å². The van der Waals surface area contributed by atoms with Crippen molar-refractivity contribution >= 4 is 5.96 Å². The molecule has 3 N–H and O–H groups in total. The number of hydrogen-bond acceptors (Lipinski definition) is 3. The second-order valence-electron chi connectivity index (χ2n) is 8.03. The third-order valence-electron chi connectivity index (χ3n) is 5.77. The van der Waals surface area contributed by atoms with Gasteiger partial charge in [0.2, 0.25) is 0 Å². The highest BCUT2D eigenvalue weighted by Gasteiger charge is 2.34. The molecular formula is C24H33FN4O. The van der Waals surface area contributed by atoms with Gasteiger partial charge in [0.1, 0.15) is 5.82 Å². The zero-order valence-electron chi connectivity index (χ0n) is 18.2. The zero-order chi connectivity index (χ0) is 21.4. The monoisotopic (exact) mass is 412 g/mol. The highest BCUT2D eigenvalue weighted by atomic mass is 19.1. The molecule has 5 nitrogen and oxygen atoms in total. The van der Waals surface area contributed by atoms with Crippen LogP contribution in [0, 0.1) is 12.7 Å². The molecule has 3 rings (SSSR count). The third-order valence-corrected chi connectivity index (χ3v) is 5.77. The average molecular weight is 413 g/mol. The lowest BCUT2D eigenvalue weighted by atomic mass is 9.88. The molecule has 1 atom stereocenters. The van der Waals surface area contributed by atoms with E-state index >= 15 is 0 Å². The summed E-state index contributed by atoms with van der Waals surface area (Å²) in [6.07, 6.45) is 1.87. The minimum absolute atomic E-state index is 0.0718. The average Bonchev–Trinajstić information content (AvgIpc) is 2.77. The Hall–Kier alpha value is -2.44. The van der Waals surface area contributed by atoms with Crippen molar-refractivity contribution in [2.24, 2.45) is 4.99 Å². The molecule has 2 aromatic carbocycles. The molecule has 162 valence electrons. The standard InChI is InChI=1S/C24H33FN4O/c1-18-15-20(9-10-22(18)25)16-27-23(26-3)28-17-24(11-13-30-14-12-24)29-19(2)21-7-5-4-6-8-21/h4-10,15,19,29H,11-14,16-17H2,1-3H3,(H2,26,27,28). The summed E-state index contributed by atoms with van der Waals surface area (Å²) in [5, 5.41) is 10.7. The van der Waals surface area contributed by atoms with Gasteiger partial charge in [0, 0.05) is 44.9 Å². The van der Waals surface area contributed by atoms with Crippen LogP contribution in [0.15, 0.2) is 53.5 Å². The number of halogens is 1. The Balaban J connectivity index is 1.60. The first-order valence-electron chi connectivity index (χ1n) is 10.6. The van der Waals surface area contributed by atoms with Crippen LogP contribution in [-0.2, 0) is 11.3 Å². The number of ether oxygens (including phenoxy) is 1. The molecule has 0 bridgehead atoms. The highest BCUT2D eigenvalue weighted by Crippen LogP contribution is 2.25. The van der Waals surface area contributed by atoms with Gasteiger partial charge in [-0.05, 0) is 49.4 Å². The third kappa shape index (κ3) is 6.03. The molecule has 30 heavy (non-hydrogen) atoms. The van der Waals surface area contributed by atoms with Crippen LogP contribution in [0.5, 0.6) is 0 Å². The molecule has 1 saturated heterocycles. The quantitative estimate of drug-likeness (QED) is 0.479. The topological polar surface area (TPSA) is 57.7 Å². The van der Waals surface area contributed by atoms with Gasteiger partial charge in [0.15, 0.2) is 5.96 Å². The van der Waals surface area contributed by atoms with E-state index in [0.717, 1.165) is 44.1 Å². The summed E-state index contributed by atoms with van der Waals surface area (Å²) in [7, 11) is 1.77. The Kier molecular flexibility index (Phi) is 7.82. The maximum atomic E-state index is 13.5. The summed E-state index contributed by atoms with van der Waals surface area (Å²) in [6, 6.07) is 15.9. The van der Waals surface area contributed by atoms with Gasteiger partial charge in [-0.25, -0.2) is 4.39 Å². The molecule has 0 saturated carbocycles. The molecule has 1 aliphatic rings. The van der Waals surface area contributed by atoms with Crippen LogP contribution in [0.25, 0.3) is 0 Å². The fourth-order valence-corrected chi connectivity index (χ4v) is 3.89. The first-order valence-corrected chi connectivity index (χ1v) is 10.6. The fourth-order valence-electron chi connectivity index (χ4n) is 3.89. The first-order chi connectivity index (χ1) is 14.5. The molecule has 1 fully saturated rings. The molecule has 0 radical (unpaired) electrons. The number of hydrogen-bond donors (Lipinski definition) is 3. The fraction of sp³-hybridized carbons (Fsp3) is 0.458. The largest absolute Gasteiger partial charge is 0.381 e. The van der Waals surface area contributed by atoms with Crippen LogP contribution in [0.1, 0.15) is 42.5 Å². The van der Waals surface area contributed by atoms with Crippen LogP contribution in [0.2, 0.25) is 0 Å². The second-order valence-corrected chi connectivity index (χ2v) is 8.03. The zero-order valence-corrected chi connectivity index (χ0v) is 18.2.